The smallest absolute Gasteiger partial charge is 0.444 e. The number of carbonyl (C=O) groups excluding carboxylic acids is 1. The monoisotopic (exact) mass is 410 g/mol. The summed E-state index contributed by atoms with van der Waals surface area (Å²) in [5.74, 6) is 0. The summed E-state index contributed by atoms with van der Waals surface area (Å²) < 4.78 is 86.1. The van der Waals surface area contributed by atoms with Gasteiger partial charge in [0.2, 0.25) is 0 Å². The third-order valence-electron chi connectivity index (χ3n) is 5.15. The van der Waals surface area contributed by atoms with Crippen molar-refractivity contribution in [1.29, 1.82) is 0 Å². The molecule has 2 aliphatic heterocycles. The Morgan fingerprint density at radius 1 is 1.10 bits per heavy atom. The molecule has 7 heteroatoms. The molecular formula is C22H35BN2O4. The lowest BCUT2D eigenvalue weighted by atomic mass is 9.76. The second kappa shape index (κ2) is 7.51. The predicted molar refractivity (Wildman–Crippen MR) is 117 cm³/mol. The van der Waals surface area contributed by atoms with Gasteiger partial charge in [0.05, 0.1) is 22.2 Å². The fraction of sp³-hybridized carbons (Fsp3) is 0.682. The minimum absolute atomic E-state index is 0.120. The third kappa shape index (κ3) is 4.72. The Bertz CT molecular complexity index is 1050. The van der Waals surface area contributed by atoms with E-state index in [0.29, 0.717) is 15.9 Å². The normalized spacial score (nSPS) is 32.5. The van der Waals surface area contributed by atoms with Crippen LogP contribution in [0.2, 0.25) is 0 Å². The van der Waals surface area contributed by atoms with Crippen LogP contribution in [0.25, 0.3) is 0 Å². The van der Waals surface area contributed by atoms with Crippen LogP contribution in [0.5, 0.6) is 0 Å². The van der Waals surface area contributed by atoms with Gasteiger partial charge in [-0.05, 0) is 73.0 Å². The van der Waals surface area contributed by atoms with Gasteiger partial charge in [0, 0.05) is 31.7 Å². The summed E-state index contributed by atoms with van der Waals surface area (Å²) in [7, 11) is -0.877. The summed E-state index contributed by atoms with van der Waals surface area (Å²) in [6, 6.07) is 4.35. The summed E-state index contributed by atoms with van der Waals surface area (Å²) in [6.45, 7) is 0.516. The minimum atomic E-state index is -3.35. The van der Waals surface area contributed by atoms with Crippen molar-refractivity contribution < 1.29 is 29.8 Å². The highest BCUT2D eigenvalue weighted by molar-refractivity contribution is 6.62. The Hall–Kier alpha value is -1.73. The topological polar surface area (TPSA) is 51.2 Å². The third-order valence-corrected chi connectivity index (χ3v) is 5.15. The van der Waals surface area contributed by atoms with Crippen LogP contribution >= 0.6 is 0 Å². The summed E-state index contributed by atoms with van der Waals surface area (Å²) >= 11 is 0. The Morgan fingerprint density at radius 3 is 2.17 bits per heavy atom. The molecule has 2 fully saturated rings. The van der Waals surface area contributed by atoms with E-state index in [0.717, 1.165) is 0 Å². The van der Waals surface area contributed by atoms with E-state index in [1.54, 1.807) is 13.0 Å². The molecule has 29 heavy (non-hydrogen) atoms. The fourth-order valence-corrected chi connectivity index (χ4v) is 2.77. The number of hydrogen-bond donors (Lipinski definition) is 0. The second-order valence-corrected chi connectivity index (χ2v) is 9.23. The number of carbonyl (C=O) groups is 1. The molecule has 2 saturated heterocycles. The number of anilines is 1. The summed E-state index contributed by atoms with van der Waals surface area (Å²) in [4.78, 5) is 13.2. The van der Waals surface area contributed by atoms with Crippen LogP contribution in [0, 0.1) is 6.92 Å². The maximum absolute atomic E-state index is 12.9. The van der Waals surface area contributed by atoms with Gasteiger partial charge in [-0.1, -0.05) is 11.6 Å². The average Bonchev–Trinajstić information content (AvgIpc) is 2.87. The zero-order valence-electron chi connectivity index (χ0n) is 26.3. The van der Waals surface area contributed by atoms with Gasteiger partial charge in [-0.15, -0.1) is 0 Å². The largest absolute Gasteiger partial charge is 0.495 e. The number of rotatable bonds is 2. The number of piperazine rings is 1. The zero-order valence-corrected chi connectivity index (χ0v) is 18.3. The lowest BCUT2D eigenvalue weighted by molar-refractivity contribution is 0.00578. The average molecular weight is 410 g/mol. The first kappa shape index (κ1) is 13.6. The lowest BCUT2D eigenvalue weighted by Gasteiger charge is -2.37. The second-order valence-electron chi connectivity index (χ2n) is 9.23. The van der Waals surface area contributed by atoms with Gasteiger partial charge >= 0.3 is 13.2 Å². The highest BCUT2D eigenvalue weighted by Gasteiger charge is 2.52. The van der Waals surface area contributed by atoms with E-state index in [4.69, 9.17) is 25.0 Å². The van der Waals surface area contributed by atoms with Crippen LogP contribution in [0.15, 0.2) is 18.2 Å². The van der Waals surface area contributed by atoms with Gasteiger partial charge in [-0.3, -0.25) is 0 Å². The van der Waals surface area contributed by atoms with Crippen molar-refractivity contribution >= 4 is 24.4 Å². The number of aryl methyl sites for hydroxylation is 1. The molecule has 0 N–H and O–H groups in total. The molecule has 1 aromatic rings. The molecule has 2 heterocycles. The predicted octanol–water partition coefficient (Wildman–Crippen LogP) is 3.35. The van der Waals surface area contributed by atoms with Crippen LogP contribution in [0.3, 0.4) is 0 Å². The van der Waals surface area contributed by atoms with Crippen molar-refractivity contribution in [2.45, 2.75) is 72.2 Å². The quantitative estimate of drug-likeness (QED) is 0.700. The summed E-state index contributed by atoms with van der Waals surface area (Å²) in [5, 5.41) is 0. The molecule has 0 bridgehead atoms. The van der Waals surface area contributed by atoms with Gasteiger partial charge < -0.3 is 23.8 Å². The first-order valence-electron chi connectivity index (χ1n) is 13.6. The van der Waals surface area contributed by atoms with E-state index >= 15 is 0 Å². The van der Waals surface area contributed by atoms with Crippen LogP contribution in [-0.2, 0) is 14.0 Å². The zero-order chi connectivity index (χ0) is 28.8. The molecule has 0 atom stereocenters. The van der Waals surface area contributed by atoms with Crippen molar-refractivity contribution in [2.75, 3.05) is 30.9 Å². The molecule has 0 aromatic heterocycles. The van der Waals surface area contributed by atoms with Gasteiger partial charge in [0.1, 0.15) is 5.60 Å². The van der Waals surface area contributed by atoms with E-state index in [2.05, 4.69) is 0 Å². The Kier molecular flexibility index (Phi) is 3.51. The van der Waals surface area contributed by atoms with Crippen LogP contribution in [0.4, 0.5) is 10.5 Å². The molecule has 160 valence electrons. The Balaban J connectivity index is 2.16. The number of ether oxygens (including phenoxy) is 1. The molecule has 0 saturated carbocycles. The molecule has 2 aliphatic rings. The van der Waals surface area contributed by atoms with Gasteiger partial charge in [0.15, 0.2) is 0 Å². The van der Waals surface area contributed by atoms with Crippen molar-refractivity contribution in [2.24, 2.45) is 0 Å². The van der Waals surface area contributed by atoms with Crippen LogP contribution in [0.1, 0.15) is 65.0 Å². The Labute approximate surface area is 186 Å². The van der Waals surface area contributed by atoms with E-state index in [-0.39, 0.29) is 10.6 Å². The van der Waals surface area contributed by atoms with Crippen molar-refractivity contribution in [3.05, 3.63) is 23.8 Å². The number of hydrogen-bond acceptors (Lipinski definition) is 5. The SMILES string of the molecule is [2H]C1([2H])N(C(=O)OC(C)(C)C)C([2H])([2H])C([2H])([2H])N(c2ccc(C)c(B3OC(C)(C)C(C)(C)O3)c2)C1([2H])[2H]. The standard InChI is InChI=1S/C22H35BN2O4/c1-16-9-10-17(15-18(16)23-28-21(5,6)22(7,8)29-23)24-11-13-25(14-12-24)19(26)27-20(2,3)4/h9-10,15H,11-14H2,1-8H3/i11D2,12D2,13D2,14D2. The Morgan fingerprint density at radius 2 is 1.66 bits per heavy atom. The van der Waals surface area contributed by atoms with Crippen LogP contribution in [-0.4, -0.2) is 60.9 Å². The molecule has 0 radical (unpaired) electrons. The molecular weight excluding hydrogens is 367 g/mol. The molecule has 0 aliphatic carbocycles. The van der Waals surface area contributed by atoms with Crippen molar-refractivity contribution in [1.82, 2.24) is 4.90 Å². The molecule has 6 nitrogen and oxygen atoms in total. The molecule has 0 unspecified atom stereocenters. The molecule has 1 amide bonds. The van der Waals surface area contributed by atoms with Crippen molar-refractivity contribution in [3.63, 3.8) is 0 Å². The van der Waals surface area contributed by atoms with E-state index in [1.807, 2.05) is 27.7 Å². The van der Waals surface area contributed by atoms with Gasteiger partial charge in [0.25, 0.3) is 0 Å². The van der Waals surface area contributed by atoms with E-state index < -0.39 is 56.0 Å². The van der Waals surface area contributed by atoms with Gasteiger partial charge in [-0.25, -0.2) is 4.79 Å². The first-order valence-corrected chi connectivity index (χ1v) is 9.61. The number of amides is 1. The summed E-state index contributed by atoms with van der Waals surface area (Å²) in [6.07, 6.45) is -1.52. The maximum Gasteiger partial charge on any atom is 0.495 e. The first-order chi connectivity index (χ1) is 16.3. The van der Waals surface area contributed by atoms with E-state index in [9.17, 15) is 4.79 Å². The molecule has 1 aromatic carbocycles. The summed E-state index contributed by atoms with van der Waals surface area (Å²) in [5.41, 5.74) is -1.52. The lowest BCUT2D eigenvalue weighted by Crippen LogP contribution is -2.50. The van der Waals surface area contributed by atoms with Crippen LogP contribution < -0.4 is 10.4 Å². The molecule has 0 spiro atoms. The molecule has 3 rings (SSSR count). The number of nitrogens with zero attached hydrogens (tertiary/aromatic N) is 2. The van der Waals surface area contributed by atoms with Gasteiger partial charge in [-0.2, -0.15) is 0 Å². The fourth-order valence-electron chi connectivity index (χ4n) is 2.77. The minimum Gasteiger partial charge on any atom is -0.444 e. The van der Waals surface area contributed by atoms with Crippen molar-refractivity contribution in [3.8, 4) is 0 Å². The van der Waals surface area contributed by atoms with E-state index in [1.165, 1.54) is 32.9 Å². The highest BCUT2D eigenvalue weighted by atomic mass is 16.7. The maximum atomic E-state index is 12.9. The highest BCUT2D eigenvalue weighted by Crippen LogP contribution is 2.37. The number of benzene rings is 1.